The Kier molecular flexibility index (Phi) is 3.62. The molecular weight excluding hydrogens is 248 g/mol. The van der Waals surface area contributed by atoms with E-state index in [1.165, 1.54) is 0 Å². The number of benzene rings is 1. The first kappa shape index (κ1) is 12.3. The number of hydrogen-bond acceptors (Lipinski definition) is 1. The third-order valence-electron chi connectivity index (χ3n) is 2.76. The number of amides is 1. The molecule has 17 heavy (non-hydrogen) atoms. The zero-order valence-corrected chi connectivity index (χ0v) is 9.81. The van der Waals surface area contributed by atoms with E-state index in [4.69, 9.17) is 11.6 Å². The Balaban J connectivity index is 1.96. The molecule has 1 saturated carbocycles. The lowest BCUT2D eigenvalue weighted by molar-refractivity contribution is 0.0948. The van der Waals surface area contributed by atoms with Gasteiger partial charge in [-0.3, -0.25) is 4.79 Å². The Morgan fingerprint density at radius 2 is 2.18 bits per heavy atom. The number of rotatable bonds is 4. The molecule has 0 spiro atoms. The molecule has 0 saturated heterocycles. The first-order chi connectivity index (χ1) is 8.08. The highest BCUT2D eigenvalue weighted by atomic mass is 35.5. The van der Waals surface area contributed by atoms with Crippen molar-refractivity contribution in [1.29, 1.82) is 0 Å². The van der Waals surface area contributed by atoms with E-state index in [9.17, 15) is 13.6 Å². The van der Waals surface area contributed by atoms with E-state index in [0.717, 1.165) is 31.0 Å². The van der Waals surface area contributed by atoms with Crippen LogP contribution in [0.4, 0.5) is 8.78 Å². The van der Waals surface area contributed by atoms with E-state index in [1.54, 1.807) is 0 Å². The Labute approximate surface area is 103 Å². The molecule has 2 nitrogen and oxygen atoms in total. The Morgan fingerprint density at radius 3 is 2.82 bits per heavy atom. The van der Waals surface area contributed by atoms with Crippen LogP contribution in [-0.4, -0.2) is 17.8 Å². The summed E-state index contributed by atoms with van der Waals surface area (Å²) in [4.78, 5) is 11.6. The topological polar surface area (TPSA) is 29.1 Å². The second kappa shape index (κ2) is 5.00. The lowest BCUT2D eigenvalue weighted by atomic mass is 10.2. The highest BCUT2D eigenvalue weighted by Crippen LogP contribution is 2.35. The minimum absolute atomic E-state index is 0.129. The summed E-state index contributed by atoms with van der Waals surface area (Å²) in [6.45, 7) is 0.279. The summed E-state index contributed by atoms with van der Waals surface area (Å²) in [6, 6.07) is 2.79. The minimum Gasteiger partial charge on any atom is -0.350 e. The van der Waals surface area contributed by atoms with Crippen molar-refractivity contribution in [1.82, 2.24) is 5.32 Å². The van der Waals surface area contributed by atoms with Crippen molar-refractivity contribution in [2.75, 3.05) is 6.54 Å². The van der Waals surface area contributed by atoms with Crippen LogP contribution in [0.3, 0.4) is 0 Å². The van der Waals surface area contributed by atoms with Crippen LogP contribution < -0.4 is 5.32 Å². The van der Waals surface area contributed by atoms with Crippen LogP contribution in [0.5, 0.6) is 0 Å². The van der Waals surface area contributed by atoms with E-state index in [-0.39, 0.29) is 17.5 Å². The van der Waals surface area contributed by atoms with Gasteiger partial charge in [0.25, 0.3) is 5.91 Å². The third-order valence-corrected chi connectivity index (χ3v) is 3.27. The fraction of sp³-hybridized carbons (Fsp3) is 0.417. The SMILES string of the molecule is O=C(NCC(Cl)C1CC1)c1cc(F)ccc1F. The van der Waals surface area contributed by atoms with Crippen LogP contribution in [0.2, 0.25) is 0 Å². The Morgan fingerprint density at radius 1 is 1.47 bits per heavy atom. The van der Waals surface area contributed by atoms with Crippen molar-refractivity contribution < 1.29 is 13.6 Å². The van der Waals surface area contributed by atoms with Gasteiger partial charge in [-0.1, -0.05) is 0 Å². The molecule has 1 aromatic carbocycles. The number of carbonyl (C=O) groups is 1. The summed E-state index contributed by atoms with van der Waals surface area (Å²) in [5.74, 6) is -1.56. The molecule has 92 valence electrons. The summed E-state index contributed by atoms with van der Waals surface area (Å²) in [5, 5.41) is 2.38. The zero-order valence-electron chi connectivity index (χ0n) is 9.05. The first-order valence-electron chi connectivity index (χ1n) is 5.45. The van der Waals surface area contributed by atoms with Gasteiger partial charge in [-0.15, -0.1) is 11.6 Å². The van der Waals surface area contributed by atoms with Crippen molar-refractivity contribution >= 4 is 17.5 Å². The average Bonchev–Trinajstić information content (AvgIpc) is 3.12. The van der Waals surface area contributed by atoms with Crippen LogP contribution in [0.25, 0.3) is 0 Å². The van der Waals surface area contributed by atoms with Gasteiger partial charge < -0.3 is 5.32 Å². The van der Waals surface area contributed by atoms with E-state index in [1.807, 2.05) is 0 Å². The molecule has 1 unspecified atom stereocenters. The summed E-state index contributed by atoms with van der Waals surface area (Å²) >= 11 is 6.00. The van der Waals surface area contributed by atoms with Gasteiger partial charge in [-0.25, -0.2) is 8.78 Å². The average molecular weight is 260 g/mol. The molecule has 0 aliphatic heterocycles. The molecule has 5 heteroatoms. The molecule has 1 N–H and O–H groups in total. The van der Waals surface area contributed by atoms with Crippen molar-refractivity contribution in [2.24, 2.45) is 5.92 Å². The quantitative estimate of drug-likeness (QED) is 0.828. The normalized spacial score (nSPS) is 16.6. The van der Waals surface area contributed by atoms with Gasteiger partial charge in [0.05, 0.1) is 10.9 Å². The zero-order chi connectivity index (χ0) is 12.4. The Bertz CT molecular complexity index is 435. The smallest absolute Gasteiger partial charge is 0.254 e. The maximum absolute atomic E-state index is 13.3. The third kappa shape index (κ3) is 3.16. The van der Waals surface area contributed by atoms with Crippen molar-refractivity contribution in [3.63, 3.8) is 0 Å². The van der Waals surface area contributed by atoms with Gasteiger partial charge >= 0.3 is 0 Å². The van der Waals surface area contributed by atoms with Gasteiger partial charge in [0.2, 0.25) is 0 Å². The molecule has 1 atom stereocenters. The predicted octanol–water partition coefficient (Wildman–Crippen LogP) is 2.71. The molecule has 0 radical (unpaired) electrons. The summed E-state index contributed by atoms with van der Waals surface area (Å²) < 4.78 is 26.1. The van der Waals surface area contributed by atoms with Crippen LogP contribution in [0, 0.1) is 17.6 Å². The van der Waals surface area contributed by atoms with Crippen molar-refractivity contribution in [3.05, 3.63) is 35.4 Å². The standard InChI is InChI=1S/C12H12ClF2NO/c13-10(7-1-2-7)6-16-12(17)9-5-8(14)3-4-11(9)15/h3-5,7,10H,1-2,6H2,(H,16,17). The molecule has 1 aromatic rings. The van der Waals surface area contributed by atoms with Gasteiger partial charge in [-0.05, 0) is 37.0 Å². The molecular formula is C12H12ClF2NO. The molecule has 0 heterocycles. The minimum atomic E-state index is -0.735. The largest absolute Gasteiger partial charge is 0.350 e. The van der Waals surface area contributed by atoms with Gasteiger partial charge in [0.15, 0.2) is 0 Å². The Hall–Kier alpha value is -1.16. The molecule has 0 aromatic heterocycles. The highest BCUT2D eigenvalue weighted by molar-refractivity contribution is 6.21. The fourth-order valence-electron chi connectivity index (χ4n) is 1.58. The van der Waals surface area contributed by atoms with Crippen LogP contribution in [0.1, 0.15) is 23.2 Å². The first-order valence-corrected chi connectivity index (χ1v) is 5.89. The number of alkyl halides is 1. The van der Waals surface area contributed by atoms with E-state index >= 15 is 0 Å². The van der Waals surface area contributed by atoms with Crippen LogP contribution in [-0.2, 0) is 0 Å². The maximum atomic E-state index is 13.3. The molecule has 1 fully saturated rings. The summed E-state index contributed by atoms with van der Waals surface area (Å²) in [5.41, 5.74) is -0.287. The molecule has 2 rings (SSSR count). The maximum Gasteiger partial charge on any atom is 0.254 e. The fourth-order valence-corrected chi connectivity index (χ4v) is 1.91. The molecule has 1 aliphatic rings. The molecule has 0 bridgehead atoms. The van der Waals surface area contributed by atoms with E-state index < -0.39 is 17.5 Å². The predicted molar refractivity (Wildman–Crippen MR) is 61.1 cm³/mol. The van der Waals surface area contributed by atoms with Crippen molar-refractivity contribution in [2.45, 2.75) is 18.2 Å². The van der Waals surface area contributed by atoms with Crippen LogP contribution in [0.15, 0.2) is 18.2 Å². The van der Waals surface area contributed by atoms with Gasteiger partial charge in [0, 0.05) is 6.54 Å². The van der Waals surface area contributed by atoms with E-state index in [2.05, 4.69) is 5.32 Å². The molecule has 1 aliphatic carbocycles. The number of hydrogen-bond donors (Lipinski definition) is 1. The second-order valence-corrected chi connectivity index (χ2v) is 4.75. The lowest BCUT2D eigenvalue weighted by Crippen LogP contribution is -2.31. The highest BCUT2D eigenvalue weighted by Gasteiger charge is 2.29. The van der Waals surface area contributed by atoms with Gasteiger partial charge in [-0.2, -0.15) is 0 Å². The second-order valence-electron chi connectivity index (χ2n) is 4.19. The monoisotopic (exact) mass is 259 g/mol. The number of carbonyl (C=O) groups excluding carboxylic acids is 1. The molecule has 1 amide bonds. The summed E-state index contributed by atoms with van der Waals surface area (Å²) in [7, 11) is 0. The lowest BCUT2D eigenvalue weighted by Gasteiger charge is -2.10. The van der Waals surface area contributed by atoms with Crippen molar-refractivity contribution in [3.8, 4) is 0 Å². The summed E-state index contributed by atoms with van der Waals surface area (Å²) in [6.07, 6.45) is 2.14. The van der Waals surface area contributed by atoms with Gasteiger partial charge in [0.1, 0.15) is 11.6 Å². The number of halogens is 3. The van der Waals surface area contributed by atoms with E-state index in [0.29, 0.717) is 5.92 Å². The van der Waals surface area contributed by atoms with Crippen LogP contribution >= 0.6 is 11.6 Å². The number of nitrogens with one attached hydrogen (secondary N) is 1.